The lowest BCUT2D eigenvalue weighted by atomic mass is 10.0. The summed E-state index contributed by atoms with van der Waals surface area (Å²) < 4.78 is 44.9. The van der Waals surface area contributed by atoms with Gasteiger partial charge >= 0.3 is 12.2 Å². The first-order valence-corrected chi connectivity index (χ1v) is 12.4. The number of amides is 3. The van der Waals surface area contributed by atoms with E-state index >= 15 is 0 Å². The number of likely N-dealkylation sites (N-methyl/N-ethyl adjacent to an activating group) is 1. The lowest BCUT2D eigenvalue weighted by Gasteiger charge is -2.34. The summed E-state index contributed by atoms with van der Waals surface area (Å²) in [7, 11) is 5.36. The van der Waals surface area contributed by atoms with Gasteiger partial charge < -0.3 is 29.9 Å². The number of halogens is 3. The molecule has 8 nitrogen and oxygen atoms in total. The molecule has 0 bridgehead atoms. The average molecular weight is 537 g/mol. The number of benzene rings is 2. The second kappa shape index (κ2) is 11.9. The Morgan fingerprint density at radius 1 is 1.18 bits per heavy atom. The van der Waals surface area contributed by atoms with Crippen molar-refractivity contribution in [3.63, 3.8) is 0 Å². The zero-order valence-electron chi connectivity index (χ0n) is 22.2. The normalized spacial score (nSPS) is 18.9. The number of hydrogen-bond donors (Lipinski definition) is 2. The third-order valence-electron chi connectivity index (χ3n) is 6.68. The first-order chi connectivity index (χ1) is 17.8. The molecule has 0 unspecified atom stereocenters. The van der Waals surface area contributed by atoms with Crippen molar-refractivity contribution in [2.24, 2.45) is 5.92 Å². The summed E-state index contributed by atoms with van der Waals surface area (Å²) in [5, 5.41) is 12.4. The third-order valence-corrected chi connectivity index (χ3v) is 6.68. The molecule has 3 rings (SSSR count). The minimum absolute atomic E-state index is 0.102. The molecule has 3 amide bonds. The van der Waals surface area contributed by atoms with Gasteiger partial charge in [-0.25, -0.2) is 4.79 Å². The number of nitrogens with zero attached hydrogens (tertiary/aromatic N) is 3. The number of urea groups is 1. The number of carbonyl (C=O) groups excluding carboxylic acids is 2. The van der Waals surface area contributed by atoms with E-state index in [1.165, 1.54) is 17.0 Å². The second-order valence-corrected chi connectivity index (χ2v) is 9.96. The van der Waals surface area contributed by atoms with Gasteiger partial charge in [0.1, 0.15) is 11.9 Å². The average Bonchev–Trinajstić information content (AvgIpc) is 2.90. The number of fused-ring (bicyclic) bond motifs is 1. The Morgan fingerprint density at radius 2 is 1.84 bits per heavy atom. The van der Waals surface area contributed by atoms with Crippen LogP contribution < -0.4 is 15.0 Å². The second-order valence-electron chi connectivity index (χ2n) is 9.96. The van der Waals surface area contributed by atoms with Gasteiger partial charge in [-0.3, -0.25) is 4.79 Å². The Morgan fingerprint density at radius 3 is 2.42 bits per heavy atom. The fraction of sp³-hybridized carbons (Fsp3) is 0.481. The number of carbonyl (C=O) groups is 2. The van der Waals surface area contributed by atoms with Crippen LogP contribution in [0.15, 0.2) is 42.5 Å². The van der Waals surface area contributed by atoms with E-state index in [0.29, 0.717) is 17.9 Å². The van der Waals surface area contributed by atoms with Gasteiger partial charge in [0.05, 0.1) is 31.2 Å². The minimum Gasteiger partial charge on any atom is -0.488 e. The number of anilines is 2. The van der Waals surface area contributed by atoms with Crippen LogP contribution in [0.5, 0.6) is 5.75 Å². The summed E-state index contributed by atoms with van der Waals surface area (Å²) in [5.41, 5.74) is 1.03. The number of nitrogens with one attached hydrogen (secondary N) is 1. The molecule has 0 saturated carbocycles. The molecular weight excluding hydrogens is 501 g/mol. The standard InChI is InChI=1S/C27H35F3N4O4/c1-17-14-34(18(2)16-35)25(36)13-19-12-22(32(3)4)10-11-23(19)38-24(17)15-33(5)26(37)31-21-8-6-20(7-9-21)27(28,29)30/h6-12,17-18,24,35H,13-16H2,1-5H3,(H,31,37)/t17-,18+,24-/m1/s1. The smallest absolute Gasteiger partial charge is 0.416 e. The summed E-state index contributed by atoms with van der Waals surface area (Å²) in [6.07, 6.45) is -4.87. The van der Waals surface area contributed by atoms with Gasteiger partial charge in [-0.05, 0) is 49.4 Å². The van der Waals surface area contributed by atoms with E-state index in [0.717, 1.165) is 17.8 Å². The molecule has 0 aromatic heterocycles. The predicted octanol–water partition coefficient (Wildman–Crippen LogP) is 4.08. The van der Waals surface area contributed by atoms with Gasteiger partial charge in [-0.15, -0.1) is 0 Å². The molecule has 0 radical (unpaired) electrons. The van der Waals surface area contributed by atoms with Gasteiger partial charge in [0.25, 0.3) is 0 Å². The van der Waals surface area contributed by atoms with Crippen molar-refractivity contribution >= 4 is 23.3 Å². The summed E-state index contributed by atoms with van der Waals surface area (Å²) >= 11 is 0. The molecule has 1 heterocycles. The van der Waals surface area contributed by atoms with Crippen LogP contribution in [-0.2, 0) is 17.4 Å². The third kappa shape index (κ3) is 7.09. The van der Waals surface area contributed by atoms with E-state index in [1.807, 2.05) is 44.1 Å². The van der Waals surface area contributed by atoms with Crippen LogP contribution in [0.2, 0.25) is 0 Å². The molecular formula is C27H35F3N4O4. The van der Waals surface area contributed by atoms with Crippen LogP contribution in [0, 0.1) is 5.92 Å². The highest BCUT2D eigenvalue weighted by atomic mass is 19.4. The SMILES string of the molecule is C[C@@H]1CN([C@@H](C)CO)C(=O)Cc2cc(N(C)C)ccc2O[C@@H]1CN(C)C(=O)Nc1ccc(C(F)(F)F)cc1. The maximum Gasteiger partial charge on any atom is 0.416 e. The topological polar surface area (TPSA) is 85.4 Å². The molecule has 0 fully saturated rings. The van der Waals surface area contributed by atoms with Crippen LogP contribution >= 0.6 is 0 Å². The molecule has 2 aromatic carbocycles. The highest BCUT2D eigenvalue weighted by Gasteiger charge is 2.32. The van der Waals surface area contributed by atoms with Crippen LogP contribution in [0.4, 0.5) is 29.3 Å². The van der Waals surface area contributed by atoms with Gasteiger partial charge in [-0.1, -0.05) is 6.92 Å². The van der Waals surface area contributed by atoms with Crippen molar-refractivity contribution in [2.45, 2.75) is 38.6 Å². The highest BCUT2D eigenvalue weighted by molar-refractivity contribution is 5.89. The lowest BCUT2D eigenvalue weighted by molar-refractivity contribution is -0.137. The largest absolute Gasteiger partial charge is 0.488 e. The van der Waals surface area contributed by atoms with Crippen molar-refractivity contribution in [3.8, 4) is 5.75 Å². The zero-order valence-corrected chi connectivity index (χ0v) is 22.2. The number of ether oxygens (including phenoxy) is 1. The minimum atomic E-state index is -4.46. The Balaban J connectivity index is 1.83. The summed E-state index contributed by atoms with van der Waals surface area (Å²) in [4.78, 5) is 31.1. The monoisotopic (exact) mass is 536 g/mol. The van der Waals surface area contributed by atoms with Crippen molar-refractivity contribution in [3.05, 3.63) is 53.6 Å². The van der Waals surface area contributed by atoms with Gasteiger partial charge in [0.15, 0.2) is 0 Å². The van der Waals surface area contributed by atoms with Gasteiger partial charge in [0, 0.05) is 50.5 Å². The number of hydrogen-bond acceptors (Lipinski definition) is 5. The molecule has 2 N–H and O–H groups in total. The molecule has 0 aliphatic carbocycles. The molecule has 0 spiro atoms. The molecule has 38 heavy (non-hydrogen) atoms. The number of aliphatic hydroxyl groups is 1. The Bertz CT molecular complexity index is 1120. The molecule has 11 heteroatoms. The molecule has 1 aliphatic heterocycles. The number of rotatable bonds is 6. The van der Waals surface area contributed by atoms with Crippen molar-refractivity contribution in [1.29, 1.82) is 0 Å². The maximum atomic E-state index is 13.2. The summed E-state index contributed by atoms with van der Waals surface area (Å²) in [5.74, 6) is 0.192. The highest BCUT2D eigenvalue weighted by Crippen LogP contribution is 2.31. The van der Waals surface area contributed by atoms with E-state index in [1.54, 1.807) is 18.9 Å². The quantitative estimate of drug-likeness (QED) is 0.581. The summed E-state index contributed by atoms with van der Waals surface area (Å²) in [6, 6.07) is 8.90. The zero-order chi connectivity index (χ0) is 28.2. The molecule has 208 valence electrons. The fourth-order valence-electron chi connectivity index (χ4n) is 4.23. The summed E-state index contributed by atoms with van der Waals surface area (Å²) in [6.45, 7) is 3.96. The first kappa shape index (κ1) is 29.1. The van der Waals surface area contributed by atoms with E-state index in [9.17, 15) is 27.9 Å². The molecule has 0 saturated heterocycles. The first-order valence-electron chi connectivity index (χ1n) is 12.4. The van der Waals surface area contributed by atoms with Crippen LogP contribution in [-0.4, -0.2) is 79.8 Å². The van der Waals surface area contributed by atoms with Crippen LogP contribution in [0.1, 0.15) is 25.0 Å². The van der Waals surface area contributed by atoms with Crippen LogP contribution in [0.3, 0.4) is 0 Å². The van der Waals surface area contributed by atoms with Gasteiger partial charge in [0.2, 0.25) is 5.91 Å². The number of aliphatic hydroxyl groups excluding tert-OH is 1. The predicted molar refractivity (Wildman–Crippen MR) is 139 cm³/mol. The Hall–Kier alpha value is -3.47. The fourth-order valence-corrected chi connectivity index (χ4v) is 4.23. The Kier molecular flexibility index (Phi) is 9.14. The van der Waals surface area contributed by atoms with E-state index in [2.05, 4.69) is 5.32 Å². The van der Waals surface area contributed by atoms with E-state index in [-0.39, 0.29) is 37.1 Å². The number of alkyl halides is 3. The Labute approximate surface area is 221 Å². The van der Waals surface area contributed by atoms with E-state index < -0.39 is 29.9 Å². The van der Waals surface area contributed by atoms with Crippen molar-refractivity contribution in [2.75, 3.05) is 51.1 Å². The van der Waals surface area contributed by atoms with Crippen molar-refractivity contribution in [1.82, 2.24) is 9.80 Å². The van der Waals surface area contributed by atoms with Gasteiger partial charge in [-0.2, -0.15) is 13.2 Å². The van der Waals surface area contributed by atoms with E-state index in [4.69, 9.17) is 4.74 Å². The maximum absolute atomic E-state index is 13.2. The lowest BCUT2D eigenvalue weighted by Crippen LogP contribution is -2.48. The van der Waals surface area contributed by atoms with Crippen LogP contribution in [0.25, 0.3) is 0 Å². The molecule has 1 aliphatic rings. The van der Waals surface area contributed by atoms with Crippen molar-refractivity contribution < 1.29 is 32.6 Å². The molecule has 2 aromatic rings. The molecule has 3 atom stereocenters.